The standard InChI is InChI=1S/C18H21Cl2N3/c1-21-16(12-23-8-2-3-9-23)14-6-4-13(5-7-14)15-10-17(19)22-18(20)11-15/h4-7,10-11,16,21H,2-3,8-9,12H2,1H3. The number of likely N-dealkylation sites (N-methyl/N-ethyl adjacent to an activating group) is 1. The van der Waals surface area contributed by atoms with E-state index in [-0.39, 0.29) is 0 Å². The molecule has 0 aliphatic carbocycles. The largest absolute Gasteiger partial charge is 0.312 e. The molecule has 1 unspecified atom stereocenters. The first-order valence-corrected chi connectivity index (χ1v) is 8.74. The van der Waals surface area contributed by atoms with E-state index in [2.05, 4.69) is 39.5 Å². The maximum absolute atomic E-state index is 5.99. The Labute approximate surface area is 147 Å². The zero-order chi connectivity index (χ0) is 16.2. The fourth-order valence-electron chi connectivity index (χ4n) is 3.13. The number of likely N-dealkylation sites (tertiary alicyclic amines) is 1. The van der Waals surface area contributed by atoms with Gasteiger partial charge in [-0.2, -0.15) is 0 Å². The maximum Gasteiger partial charge on any atom is 0.131 e. The van der Waals surface area contributed by atoms with Crippen LogP contribution in [0.4, 0.5) is 0 Å². The van der Waals surface area contributed by atoms with Crippen LogP contribution in [-0.4, -0.2) is 36.6 Å². The number of nitrogens with one attached hydrogen (secondary N) is 1. The highest BCUT2D eigenvalue weighted by molar-refractivity contribution is 6.32. The van der Waals surface area contributed by atoms with E-state index in [1.165, 1.54) is 31.5 Å². The average molecular weight is 350 g/mol. The van der Waals surface area contributed by atoms with Gasteiger partial charge in [-0.25, -0.2) is 4.98 Å². The predicted octanol–water partition coefficient (Wildman–Crippen LogP) is 4.41. The Balaban J connectivity index is 1.77. The molecule has 1 aromatic heterocycles. The van der Waals surface area contributed by atoms with Gasteiger partial charge in [0.25, 0.3) is 0 Å². The lowest BCUT2D eigenvalue weighted by atomic mass is 10.0. The monoisotopic (exact) mass is 349 g/mol. The quantitative estimate of drug-likeness (QED) is 0.810. The van der Waals surface area contributed by atoms with E-state index in [1.54, 1.807) is 0 Å². The molecule has 2 heterocycles. The lowest BCUT2D eigenvalue weighted by Crippen LogP contribution is -2.31. The molecule has 0 bridgehead atoms. The molecule has 1 atom stereocenters. The number of rotatable bonds is 5. The minimum absolute atomic E-state index is 0.353. The van der Waals surface area contributed by atoms with Crippen molar-refractivity contribution in [2.75, 3.05) is 26.7 Å². The second-order valence-electron chi connectivity index (χ2n) is 5.97. The van der Waals surface area contributed by atoms with Crippen molar-refractivity contribution in [3.8, 4) is 11.1 Å². The van der Waals surface area contributed by atoms with Crippen molar-refractivity contribution in [1.82, 2.24) is 15.2 Å². The number of nitrogens with zero attached hydrogens (tertiary/aromatic N) is 2. The molecule has 122 valence electrons. The van der Waals surface area contributed by atoms with Gasteiger partial charge < -0.3 is 10.2 Å². The molecule has 2 aromatic rings. The van der Waals surface area contributed by atoms with E-state index in [0.717, 1.165) is 17.7 Å². The van der Waals surface area contributed by atoms with Crippen molar-refractivity contribution in [2.45, 2.75) is 18.9 Å². The highest BCUT2D eigenvalue weighted by Gasteiger charge is 2.17. The molecule has 1 aliphatic heterocycles. The van der Waals surface area contributed by atoms with Crippen molar-refractivity contribution >= 4 is 23.2 Å². The molecule has 1 aliphatic rings. The third-order valence-electron chi connectivity index (χ3n) is 4.40. The third-order valence-corrected chi connectivity index (χ3v) is 4.78. The van der Waals surface area contributed by atoms with E-state index in [0.29, 0.717) is 16.3 Å². The molecule has 1 saturated heterocycles. The van der Waals surface area contributed by atoms with Crippen LogP contribution < -0.4 is 5.32 Å². The Morgan fingerprint density at radius 1 is 1.04 bits per heavy atom. The van der Waals surface area contributed by atoms with Crippen LogP contribution in [-0.2, 0) is 0 Å². The summed E-state index contributed by atoms with van der Waals surface area (Å²) >= 11 is 12.0. The normalized spacial score (nSPS) is 16.7. The van der Waals surface area contributed by atoms with E-state index in [1.807, 2.05) is 19.2 Å². The Morgan fingerprint density at radius 2 is 1.65 bits per heavy atom. The topological polar surface area (TPSA) is 28.2 Å². The number of halogens is 2. The van der Waals surface area contributed by atoms with Crippen molar-refractivity contribution in [2.24, 2.45) is 0 Å². The van der Waals surface area contributed by atoms with Crippen LogP contribution in [0.15, 0.2) is 36.4 Å². The summed E-state index contributed by atoms with van der Waals surface area (Å²) in [7, 11) is 2.02. The number of hydrogen-bond donors (Lipinski definition) is 1. The fourth-order valence-corrected chi connectivity index (χ4v) is 3.59. The van der Waals surface area contributed by atoms with Crippen LogP contribution in [0.25, 0.3) is 11.1 Å². The van der Waals surface area contributed by atoms with Crippen molar-refractivity contribution in [1.29, 1.82) is 0 Å². The first-order chi connectivity index (χ1) is 11.2. The zero-order valence-corrected chi connectivity index (χ0v) is 14.7. The second-order valence-corrected chi connectivity index (χ2v) is 6.75. The van der Waals surface area contributed by atoms with Gasteiger partial charge in [-0.3, -0.25) is 0 Å². The molecule has 3 rings (SSSR count). The molecule has 3 nitrogen and oxygen atoms in total. The molecule has 0 spiro atoms. The summed E-state index contributed by atoms with van der Waals surface area (Å²) in [6.45, 7) is 3.48. The van der Waals surface area contributed by atoms with E-state index in [9.17, 15) is 0 Å². The smallest absolute Gasteiger partial charge is 0.131 e. The highest BCUT2D eigenvalue weighted by Crippen LogP contribution is 2.26. The van der Waals surface area contributed by atoms with Gasteiger partial charge in [0.2, 0.25) is 0 Å². The van der Waals surface area contributed by atoms with Crippen molar-refractivity contribution in [3.05, 3.63) is 52.3 Å². The predicted molar refractivity (Wildman–Crippen MR) is 97.2 cm³/mol. The molecule has 0 amide bonds. The first-order valence-electron chi connectivity index (χ1n) is 7.99. The average Bonchev–Trinajstić information content (AvgIpc) is 3.05. The molecule has 23 heavy (non-hydrogen) atoms. The van der Waals surface area contributed by atoms with E-state index >= 15 is 0 Å². The summed E-state index contributed by atoms with van der Waals surface area (Å²) < 4.78 is 0. The van der Waals surface area contributed by atoms with Crippen LogP contribution in [0.2, 0.25) is 10.3 Å². The van der Waals surface area contributed by atoms with Crippen LogP contribution >= 0.6 is 23.2 Å². The summed E-state index contributed by atoms with van der Waals surface area (Å²) in [5.41, 5.74) is 3.38. The van der Waals surface area contributed by atoms with Crippen LogP contribution in [0.3, 0.4) is 0 Å². The number of hydrogen-bond acceptors (Lipinski definition) is 3. The Morgan fingerprint density at radius 3 is 2.22 bits per heavy atom. The van der Waals surface area contributed by atoms with Gasteiger partial charge in [0, 0.05) is 12.6 Å². The minimum Gasteiger partial charge on any atom is -0.312 e. The van der Waals surface area contributed by atoms with Gasteiger partial charge in [0.15, 0.2) is 0 Å². The number of pyridine rings is 1. The Hall–Kier alpha value is -1.13. The van der Waals surface area contributed by atoms with Crippen LogP contribution in [0.5, 0.6) is 0 Å². The molecule has 0 radical (unpaired) electrons. The van der Waals surface area contributed by atoms with Gasteiger partial charge >= 0.3 is 0 Å². The summed E-state index contributed by atoms with van der Waals surface area (Å²) in [4.78, 5) is 6.52. The summed E-state index contributed by atoms with van der Waals surface area (Å²) in [5, 5.41) is 4.26. The minimum atomic E-state index is 0.353. The highest BCUT2D eigenvalue weighted by atomic mass is 35.5. The SMILES string of the molecule is CNC(CN1CCCC1)c1ccc(-c2cc(Cl)nc(Cl)c2)cc1. The summed E-state index contributed by atoms with van der Waals surface area (Å²) in [5.74, 6) is 0. The fraction of sp³-hybridized carbons (Fsp3) is 0.389. The van der Waals surface area contributed by atoms with Gasteiger partial charge in [0.05, 0.1) is 0 Å². The lowest BCUT2D eigenvalue weighted by Gasteiger charge is -2.23. The Kier molecular flexibility index (Phi) is 5.54. The molecule has 1 fully saturated rings. The summed E-state index contributed by atoms with van der Waals surface area (Å²) in [6, 6.07) is 12.6. The Bertz CT molecular complexity index is 632. The van der Waals surface area contributed by atoms with Gasteiger partial charge in [-0.15, -0.1) is 0 Å². The molecular formula is C18H21Cl2N3. The molecular weight excluding hydrogens is 329 g/mol. The van der Waals surface area contributed by atoms with Crippen molar-refractivity contribution < 1.29 is 0 Å². The van der Waals surface area contributed by atoms with E-state index in [4.69, 9.17) is 23.2 Å². The summed E-state index contributed by atoms with van der Waals surface area (Å²) in [6.07, 6.45) is 2.64. The lowest BCUT2D eigenvalue weighted by molar-refractivity contribution is 0.299. The molecule has 1 N–H and O–H groups in total. The third kappa shape index (κ3) is 4.24. The zero-order valence-electron chi connectivity index (χ0n) is 13.2. The first kappa shape index (κ1) is 16.7. The maximum atomic E-state index is 5.99. The van der Waals surface area contributed by atoms with Gasteiger partial charge in [-0.05, 0) is 61.8 Å². The van der Waals surface area contributed by atoms with Crippen LogP contribution in [0.1, 0.15) is 24.4 Å². The molecule has 5 heteroatoms. The van der Waals surface area contributed by atoms with Gasteiger partial charge in [-0.1, -0.05) is 47.5 Å². The number of aromatic nitrogens is 1. The second kappa shape index (κ2) is 7.63. The van der Waals surface area contributed by atoms with Crippen LogP contribution in [0, 0.1) is 0 Å². The number of benzene rings is 1. The van der Waals surface area contributed by atoms with E-state index < -0.39 is 0 Å². The van der Waals surface area contributed by atoms with Crippen molar-refractivity contribution in [3.63, 3.8) is 0 Å². The van der Waals surface area contributed by atoms with Gasteiger partial charge in [0.1, 0.15) is 10.3 Å². The molecule has 1 aromatic carbocycles. The molecule has 0 saturated carbocycles.